The highest BCUT2D eigenvalue weighted by Gasteiger charge is 2.65. The largest absolute Gasteiger partial charge is 0.392 e. The molecule has 21 nitrogen and oxygen atoms in total. The maximum Gasteiger partial charge on any atom is 0.247 e. The van der Waals surface area contributed by atoms with E-state index in [1.54, 1.807) is 54.2 Å². The number of hydrogen-bond acceptors (Lipinski definition) is 12. The van der Waals surface area contributed by atoms with Crippen molar-refractivity contribution < 1.29 is 48.3 Å². The van der Waals surface area contributed by atoms with E-state index in [2.05, 4.69) is 59.7 Å². The van der Waals surface area contributed by atoms with Crippen molar-refractivity contribution in [3.63, 3.8) is 0 Å². The first-order chi connectivity index (χ1) is 41.1. The molecule has 456 valence electrons. The van der Waals surface area contributed by atoms with Gasteiger partial charge in [-0.1, -0.05) is 105 Å². The van der Waals surface area contributed by atoms with Gasteiger partial charge in [-0.3, -0.25) is 43.2 Å². The molecule has 10 N–H and O–H groups in total. The first-order valence-corrected chi connectivity index (χ1v) is 30.4. The molecule has 85 heavy (non-hydrogen) atoms. The van der Waals surface area contributed by atoms with Gasteiger partial charge in [0, 0.05) is 68.7 Å². The number of carbonyl (C=O) groups excluding carboxylic acids is 9. The minimum Gasteiger partial charge on any atom is -0.392 e. The smallest absolute Gasteiger partial charge is 0.247 e. The fourth-order valence-corrected chi connectivity index (χ4v) is 13.0. The van der Waals surface area contributed by atoms with E-state index in [0.717, 1.165) is 11.1 Å². The van der Waals surface area contributed by atoms with Crippen molar-refractivity contribution in [1.29, 1.82) is 0 Å². The molecule has 4 heterocycles. The minimum absolute atomic E-state index is 0.0520. The number of hydrogen-bond donors (Lipinski definition) is 10. The number of benzene rings is 3. The number of nitrogens with one attached hydrogen (secondary N) is 9. The predicted octanol–water partition coefficient (Wildman–Crippen LogP) is 2.30. The summed E-state index contributed by atoms with van der Waals surface area (Å²) in [5.41, 5.74) is 1.53. The number of aliphatic hydroxyl groups is 1. The van der Waals surface area contributed by atoms with Gasteiger partial charge in [0.2, 0.25) is 53.2 Å². The Morgan fingerprint density at radius 2 is 1.07 bits per heavy atom. The second-order valence-electron chi connectivity index (χ2n) is 23.2. The summed E-state index contributed by atoms with van der Waals surface area (Å²) in [6.45, 7) is 4.00. The zero-order valence-electron chi connectivity index (χ0n) is 49.3. The molecule has 0 aromatic heterocycles. The summed E-state index contributed by atoms with van der Waals surface area (Å²) >= 11 is 0. The Morgan fingerprint density at radius 1 is 0.588 bits per heavy atom. The monoisotopic (exact) mass is 1170 g/mol. The Bertz CT molecular complexity index is 2860. The lowest BCUT2D eigenvalue weighted by atomic mass is 9.89. The molecule has 0 bridgehead atoms. The number of fused-ring (bicyclic) bond motifs is 2. The summed E-state index contributed by atoms with van der Waals surface area (Å²) < 4.78 is 0. The molecule has 9 amide bonds. The zero-order chi connectivity index (χ0) is 60.6. The number of aliphatic hydroxyl groups excluding tert-OH is 1. The van der Waals surface area contributed by atoms with Gasteiger partial charge >= 0.3 is 0 Å². The number of amides is 9. The number of nitrogens with zero attached hydrogens (tertiary/aromatic N) is 2. The molecule has 1 aliphatic carbocycles. The molecule has 5 aliphatic rings. The summed E-state index contributed by atoms with van der Waals surface area (Å²) in [6.07, 6.45) is 5.43. The normalized spacial score (nSPS) is 25.1. The van der Waals surface area contributed by atoms with Crippen molar-refractivity contribution >= 4 is 53.2 Å². The van der Waals surface area contributed by atoms with Crippen molar-refractivity contribution in [2.45, 2.75) is 177 Å². The average Bonchev–Trinajstić information content (AvgIpc) is 1.69. The molecule has 1 spiro atoms. The van der Waals surface area contributed by atoms with Crippen molar-refractivity contribution in [3.8, 4) is 11.8 Å². The van der Waals surface area contributed by atoms with E-state index >= 15 is 0 Å². The van der Waals surface area contributed by atoms with Crippen LogP contribution in [0, 0.1) is 23.2 Å². The Morgan fingerprint density at radius 3 is 1.61 bits per heavy atom. The molecular formula is C64H85N11O10. The fraction of sp³-hybridized carbons (Fsp3) is 0.547. The maximum absolute atomic E-state index is 14.7. The minimum atomic E-state index is -1.12. The molecule has 0 radical (unpaired) electrons. The molecule has 4 aliphatic heterocycles. The quantitative estimate of drug-likeness (QED) is 0.0432. The highest BCUT2D eigenvalue weighted by Crippen LogP contribution is 2.56. The second-order valence-corrected chi connectivity index (χ2v) is 23.2. The molecule has 8 rings (SSSR count). The fourth-order valence-electron chi connectivity index (χ4n) is 13.0. The lowest BCUT2D eigenvalue weighted by molar-refractivity contribution is -0.144. The van der Waals surface area contributed by atoms with Crippen LogP contribution in [0.1, 0.15) is 139 Å². The summed E-state index contributed by atoms with van der Waals surface area (Å²) in [5.74, 6) is 2.15. The van der Waals surface area contributed by atoms with Crippen LogP contribution < -0.4 is 47.9 Å². The molecule has 1 unspecified atom stereocenters. The number of likely N-dealkylation sites (N-methyl/N-ethyl adjacent to an activating group) is 2. The summed E-state index contributed by atoms with van der Waals surface area (Å²) in [6, 6.07) is 21.3. The van der Waals surface area contributed by atoms with Crippen LogP contribution in [0.4, 0.5) is 0 Å². The standard InChI is InChI=1S/C64H85N11O10/c1-5-46(65-3)57(79)72-55-43(28-29-44-30-32-48(74(44)62(55)84)59(81)70-53(40-20-12-9-13-21-40)41-22-14-10-15-23-41)39-69-52(78)27-19-8-7-18-26-51(77)67-36-37-68-61(83)54(42-24-16-11-17-25-42)71-60(82)49-33-31-45-34-35-64(38-50(64)76)56(63(85)75(45)49)73-58(80)47(6-2)66-4/h9-17,20-25,43-50,53-56,65-66,76H,5-6,18-19,26-39H2,1-4H3,(H,67,77)(H,68,83)(H,69,78)(H,70,81)(H,71,82)(H,72,79)(H,73,80)/t43-,44+,45-,46+,47+,48+,49+,50-,54+,55+,56-,64?/m1/s1. The molecule has 3 aromatic carbocycles. The van der Waals surface area contributed by atoms with E-state index in [1.807, 2.05) is 74.5 Å². The topological polar surface area (TPSA) is 289 Å². The third-order valence-corrected chi connectivity index (χ3v) is 17.9. The first kappa shape index (κ1) is 63.4. The number of carbonyl (C=O) groups is 9. The van der Waals surface area contributed by atoms with Gasteiger partial charge in [-0.05, 0) is 101 Å². The molecule has 21 heteroatoms. The van der Waals surface area contributed by atoms with Crippen molar-refractivity contribution in [2.24, 2.45) is 11.3 Å². The summed E-state index contributed by atoms with van der Waals surface area (Å²) in [4.78, 5) is 128. The van der Waals surface area contributed by atoms with Gasteiger partial charge in [0.25, 0.3) is 0 Å². The lowest BCUT2D eigenvalue weighted by Crippen LogP contribution is -2.59. The molecule has 3 aromatic rings. The Labute approximate surface area is 498 Å². The van der Waals surface area contributed by atoms with Crippen LogP contribution in [0.15, 0.2) is 91.0 Å². The zero-order valence-corrected chi connectivity index (χ0v) is 49.3. The molecule has 1 saturated carbocycles. The van der Waals surface area contributed by atoms with E-state index in [1.165, 1.54) is 0 Å². The van der Waals surface area contributed by atoms with Crippen LogP contribution in [0.25, 0.3) is 0 Å². The van der Waals surface area contributed by atoms with Gasteiger partial charge in [0.15, 0.2) is 0 Å². The highest BCUT2D eigenvalue weighted by atomic mass is 16.3. The van der Waals surface area contributed by atoms with E-state index < -0.39 is 83.5 Å². The van der Waals surface area contributed by atoms with E-state index in [0.29, 0.717) is 76.2 Å². The first-order valence-electron chi connectivity index (χ1n) is 30.4. The summed E-state index contributed by atoms with van der Waals surface area (Å²) in [7, 11) is 3.35. The van der Waals surface area contributed by atoms with Gasteiger partial charge in [-0.25, -0.2) is 0 Å². The van der Waals surface area contributed by atoms with Gasteiger partial charge in [0.05, 0.1) is 24.2 Å². The van der Waals surface area contributed by atoms with Crippen molar-refractivity contribution in [2.75, 3.05) is 33.7 Å². The summed E-state index contributed by atoms with van der Waals surface area (Å²) in [5, 5.41) is 37.4. The third-order valence-electron chi connectivity index (χ3n) is 17.9. The Kier molecular flexibility index (Phi) is 22.3. The Hall–Kier alpha value is -7.67. The third kappa shape index (κ3) is 15.4. The predicted molar refractivity (Wildman–Crippen MR) is 318 cm³/mol. The lowest BCUT2D eigenvalue weighted by Gasteiger charge is -2.33. The van der Waals surface area contributed by atoms with E-state index in [9.17, 15) is 48.3 Å². The van der Waals surface area contributed by atoms with Gasteiger partial charge in [-0.2, -0.15) is 0 Å². The SMILES string of the molecule is CC[C@H](NC)C(=O)N[C@@H]1C(=O)N2[C@@H](CC[C@@H]1CNC(=O)CCC#CCCC(=O)NCCNC(=O)[C@@H](NC(=O)[C@@H]1CC[C@@H]3CCC4(C[C@H]4O)[C@H](NC(=O)[C@H](CC)NC)C(=O)N31)c1ccccc1)CC[C@H]2C(=O)NC(c1ccccc1)c1ccccc1. The maximum atomic E-state index is 14.7. The van der Waals surface area contributed by atoms with Gasteiger partial charge in [0.1, 0.15) is 30.2 Å². The van der Waals surface area contributed by atoms with E-state index in [4.69, 9.17) is 0 Å². The van der Waals surface area contributed by atoms with Crippen LogP contribution in [-0.2, 0) is 43.2 Å². The van der Waals surface area contributed by atoms with Crippen molar-refractivity contribution in [3.05, 3.63) is 108 Å². The van der Waals surface area contributed by atoms with Gasteiger partial charge < -0.3 is 62.8 Å². The van der Waals surface area contributed by atoms with Crippen molar-refractivity contribution in [1.82, 2.24) is 57.7 Å². The van der Waals surface area contributed by atoms with E-state index in [-0.39, 0.29) is 92.8 Å². The molecule has 12 atom stereocenters. The van der Waals surface area contributed by atoms with Gasteiger partial charge in [-0.15, -0.1) is 11.8 Å². The second kappa shape index (κ2) is 29.9. The van der Waals surface area contributed by atoms with Crippen LogP contribution in [0.5, 0.6) is 0 Å². The number of rotatable bonds is 25. The van der Waals surface area contributed by atoms with Crippen LogP contribution in [0.3, 0.4) is 0 Å². The molecule has 5 fully saturated rings. The molecular weight excluding hydrogens is 1080 g/mol. The van der Waals surface area contributed by atoms with Crippen LogP contribution in [0.2, 0.25) is 0 Å². The molecule has 4 saturated heterocycles. The van der Waals surface area contributed by atoms with Crippen LogP contribution in [-0.4, -0.2) is 156 Å². The highest BCUT2D eigenvalue weighted by molar-refractivity contribution is 5.97. The van der Waals surface area contributed by atoms with Crippen LogP contribution >= 0.6 is 0 Å². The Balaban J connectivity index is 0.786. The average molecular weight is 1170 g/mol.